The van der Waals surface area contributed by atoms with Crippen LogP contribution in [0.5, 0.6) is 0 Å². The monoisotopic (exact) mass is 239 g/mol. The zero-order chi connectivity index (χ0) is 13.4. The van der Waals surface area contributed by atoms with Crippen LogP contribution in [0.25, 0.3) is 0 Å². The molecular formula is C15H29NO. The predicted molar refractivity (Wildman–Crippen MR) is 74.8 cm³/mol. The number of carbonyl (C=O) groups is 1. The van der Waals surface area contributed by atoms with Gasteiger partial charge in [-0.3, -0.25) is 4.79 Å². The molecule has 17 heavy (non-hydrogen) atoms. The molecule has 0 spiro atoms. The van der Waals surface area contributed by atoms with Gasteiger partial charge in [-0.2, -0.15) is 0 Å². The first-order valence-corrected chi connectivity index (χ1v) is 6.85. The van der Waals surface area contributed by atoms with Gasteiger partial charge in [0.15, 0.2) is 0 Å². The van der Waals surface area contributed by atoms with Crippen molar-refractivity contribution in [3.8, 4) is 0 Å². The standard InChI is InChI=1S/C15H29NO/c1-7-9-10-12(5)14(8-2)13(6)15(17)16-11(3)4/h7,9,11-14H,8,10H2,1-6H3,(H,16,17)/b9-7+/t12-,13+,14?/m1/s1. The number of rotatable bonds is 7. The van der Waals surface area contributed by atoms with Crippen LogP contribution in [0.15, 0.2) is 12.2 Å². The molecule has 2 nitrogen and oxygen atoms in total. The van der Waals surface area contributed by atoms with Crippen LogP contribution in [-0.4, -0.2) is 11.9 Å². The molecule has 0 aliphatic heterocycles. The second-order valence-corrected chi connectivity index (χ2v) is 5.31. The summed E-state index contributed by atoms with van der Waals surface area (Å²) in [4.78, 5) is 12.0. The van der Waals surface area contributed by atoms with Gasteiger partial charge in [0.2, 0.25) is 5.91 Å². The van der Waals surface area contributed by atoms with Crippen LogP contribution >= 0.6 is 0 Å². The van der Waals surface area contributed by atoms with Crippen LogP contribution in [0.2, 0.25) is 0 Å². The largest absolute Gasteiger partial charge is 0.354 e. The zero-order valence-electron chi connectivity index (χ0n) is 12.3. The third-order valence-corrected chi connectivity index (χ3v) is 3.43. The quantitative estimate of drug-likeness (QED) is 0.673. The molecule has 0 aliphatic carbocycles. The molecule has 0 aromatic heterocycles. The highest BCUT2D eigenvalue weighted by molar-refractivity contribution is 5.78. The van der Waals surface area contributed by atoms with Gasteiger partial charge in [-0.15, -0.1) is 0 Å². The highest BCUT2D eigenvalue weighted by Gasteiger charge is 2.26. The van der Waals surface area contributed by atoms with E-state index >= 15 is 0 Å². The minimum absolute atomic E-state index is 0.0997. The zero-order valence-corrected chi connectivity index (χ0v) is 12.3. The Morgan fingerprint density at radius 2 is 1.82 bits per heavy atom. The van der Waals surface area contributed by atoms with Crippen LogP contribution in [0.3, 0.4) is 0 Å². The molecule has 1 amide bonds. The van der Waals surface area contributed by atoms with Crippen molar-refractivity contribution in [1.82, 2.24) is 5.32 Å². The Balaban J connectivity index is 4.47. The maximum absolute atomic E-state index is 12.0. The molecule has 0 radical (unpaired) electrons. The first kappa shape index (κ1) is 16.2. The van der Waals surface area contributed by atoms with E-state index in [4.69, 9.17) is 0 Å². The fraction of sp³-hybridized carbons (Fsp3) is 0.800. The smallest absolute Gasteiger partial charge is 0.223 e. The molecule has 1 N–H and O–H groups in total. The minimum atomic E-state index is 0.0997. The molecule has 0 heterocycles. The molecule has 3 atom stereocenters. The van der Waals surface area contributed by atoms with Crippen molar-refractivity contribution < 1.29 is 4.79 Å². The van der Waals surface area contributed by atoms with Crippen molar-refractivity contribution in [2.24, 2.45) is 17.8 Å². The maximum atomic E-state index is 12.0. The van der Waals surface area contributed by atoms with Crippen molar-refractivity contribution in [3.05, 3.63) is 12.2 Å². The lowest BCUT2D eigenvalue weighted by atomic mass is 9.79. The number of hydrogen-bond acceptors (Lipinski definition) is 1. The van der Waals surface area contributed by atoms with Crippen molar-refractivity contribution in [3.63, 3.8) is 0 Å². The highest BCUT2D eigenvalue weighted by Crippen LogP contribution is 2.27. The summed E-state index contributed by atoms with van der Waals surface area (Å²) in [7, 11) is 0. The molecule has 1 unspecified atom stereocenters. The molecule has 2 heteroatoms. The van der Waals surface area contributed by atoms with Gasteiger partial charge in [0.1, 0.15) is 0 Å². The summed E-state index contributed by atoms with van der Waals surface area (Å²) < 4.78 is 0. The Morgan fingerprint density at radius 1 is 1.24 bits per heavy atom. The number of amides is 1. The minimum Gasteiger partial charge on any atom is -0.354 e. The van der Waals surface area contributed by atoms with Gasteiger partial charge >= 0.3 is 0 Å². The third-order valence-electron chi connectivity index (χ3n) is 3.43. The van der Waals surface area contributed by atoms with E-state index in [9.17, 15) is 4.79 Å². The SMILES string of the molecule is C/C=C/C[C@@H](C)C(CC)[C@H](C)C(=O)NC(C)C. The van der Waals surface area contributed by atoms with E-state index in [1.807, 2.05) is 20.8 Å². The fourth-order valence-electron chi connectivity index (χ4n) is 2.38. The average molecular weight is 239 g/mol. The lowest BCUT2D eigenvalue weighted by Gasteiger charge is -2.28. The second-order valence-electron chi connectivity index (χ2n) is 5.31. The van der Waals surface area contributed by atoms with Gasteiger partial charge in [-0.05, 0) is 39.0 Å². The Bertz CT molecular complexity index is 245. The van der Waals surface area contributed by atoms with Crippen LogP contribution in [-0.2, 0) is 4.79 Å². The fourth-order valence-corrected chi connectivity index (χ4v) is 2.38. The predicted octanol–water partition coefficient (Wildman–Crippen LogP) is 3.78. The van der Waals surface area contributed by atoms with Gasteiger partial charge in [-0.25, -0.2) is 0 Å². The Labute approximate surface area is 107 Å². The van der Waals surface area contributed by atoms with Crippen molar-refractivity contribution in [2.75, 3.05) is 0 Å². The van der Waals surface area contributed by atoms with Crippen molar-refractivity contribution in [1.29, 1.82) is 0 Å². The van der Waals surface area contributed by atoms with E-state index < -0.39 is 0 Å². The Kier molecular flexibility index (Phi) is 7.94. The molecule has 0 bridgehead atoms. The van der Waals surface area contributed by atoms with Gasteiger partial charge in [0.25, 0.3) is 0 Å². The topological polar surface area (TPSA) is 29.1 Å². The molecule has 0 rings (SSSR count). The third kappa shape index (κ3) is 5.90. The number of hydrogen-bond donors (Lipinski definition) is 1. The first-order chi connectivity index (χ1) is 7.93. The molecular weight excluding hydrogens is 210 g/mol. The van der Waals surface area contributed by atoms with Crippen molar-refractivity contribution in [2.45, 2.75) is 60.4 Å². The maximum Gasteiger partial charge on any atom is 0.223 e. The van der Waals surface area contributed by atoms with Gasteiger partial charge in [0.05, 0.1) is 0 Å². The van der Waals surface area contributed by atoms with E-state index in [-0.39, 0.29) is 17.9 Å². The average Bonchev–Trinajstić information content (AvgIpc) is 2.26. The second kappa shape index (κ2) is 8.32. The number of allylic oxidation sites excluding steroid dienone is 2. The molecule has 0 aliphatic rings. The first-order valence-electron chi connectivity index (χ1n) is 6.85. The Morgan fingerprint density at radius 3 is 2.24 bits per heavy atom. The van der Waals surface area contributed by atoms with E-state index in [1.165, 1.54) is 0 Å². The van der Waals surface area contributed by atoms with Gasteiger partial charge in [-0.1, -0.05) is 39.3 Å². The van der Waals surface area contributed by atoms with Crippen LogP contribution in [0, 0.1) is 17.8 Å². The van der Waals surface area contributed by atoms with Crippen LogP contribution in [0.1, 0.15) is 54.4 Å². The van der Waals surface area contributed by atoms with E-state index in [0.717, 1.165) is 12.8 Å². The van der Waals surface area contributed by atoms with Crippen LogP contribution in [0.4, 0.5) is 0 Å². The highest BCUT2D eigenvalue weighted by atomic mass is 16.1. The summed E-state index contributed by atoms with van der Waals surface area (Å²) >= 11 is 0. The van der Waals surface area contributed by atoms with E-state index in [0.29, 0.717) is 11.8 Å². The molecule has 100 valence electrons. The normalized spacial score (nSPS) is 17.1. The summed E-state index contributed by atoms with van der Waals surface area (Å²) in [6.07, 6.45) is 6.40. The molecule has 0 aromatic carbocycles. The number of nitrogens with one attached hydrogen (secondary N) is 1. The van der Waals surface area contributed by atoms with E-state index in [2.05, 4.69) is 38.2 Å². The van der Waals surface area contributed by atoms with Gasteiger partial charge < -0.3 is 5.32 Å². The Hall–Kier alpha value is -0.790. The van der Waals surface area contributed by atoms with Crippen molar-refractivity contribution >= 4 is 5.91 Å². The summed E-state index contributed by atoms with van der Waals surface area (Å²) in [5.74, 6) is 1.32. The summed E-state index contributed by atoms with van der Waals surface area (Å²) in [5, 5.41) is 3.01. The van der Waals surface area contributed by atoms with Crippen LogP contribution < -0.4 is 5.32 Å². The lowest BCUT2D eigenvalue weighted by molar-refractivity contribution is -0.127. The molecule has 0 saturated carbocycles. The summed E-state index contributed by atoms with van der Waals surface area (Å²) in [5.41, 5.74) is 0. The molecule has 0 saturated heterocycles. The summed E-state index contributed by atoms with van der Waals surface area (Å²) in [6.45, 7) is 12.5. The number of carbonyl (C=O) groups excluding carboxylic acids is 1. The lowest BCUT2D eigenvalue weighted by Crippen LogP contribution is -2.38. The molecule has 0 fully saturated rings. The van der Waals surface area contributed by atoms with Gasteiger partial charge in [0, 0.05) is 12.0 Å². The van der Waals surface area contributed by atoms with E-state index in [1.54, 1.807) is 0 Å². The summed E-state index contributed by atoms with van der Waals surface area (Å²) in [6, 6.07) is 0.230. The molecule has 0 aromatic rings.